The Balaban J connectivity index is 2.11. The Bertz CT molecular complexity index is 712. The molecule has 3 aromatic rings. The first-order valence-electron chi connectivity index (χ1n) is 5.88. The summed E-state index contributed by atoms with van der Waals surface area (Å²) in [5, 5.41) is 6.55. The van der Waals surface area contributed by atoms with Crippen molar-refractivity contribution < 1.29 is 4.52 Å². The number of aryl methyl sites for hydroxylation is 2. The largest absolute Gasteiger partial charge is 0.356 e. The summed E-state index contributed by atoms with van der Waals surface area (Å²) in [5.41, 5.74) is 3.84. The van der Waals surface area contributed by atoms with Crippen molar-refractivity contribution in [2.45, 2.75) is 12.8 Å². The number of benzene rings is 2. The lowest BCUT2D eigenvalue weighted by atomic mass is 9.87. The maximum Gasteiger partial charge on any atom is 0.170 e. The fraction of sp³-hybridized carbons (Fsp3) is 0.133. The van der Waals surface area contributed by atoms with E-state index in [1.165, 1.54) is 27.5 Å². The SMILES string of the molecule is c1ccc2c3c(ccc2c1)-c1oncc1CC3. The van der Waals surface area contributed by atoms with Gasteiger partial charge in [0, 0.05) is 11.1 Å². The van der Waals surface area contributed by atoms with Crippen molar-refractivity contribution in [1.29, 1.82) is 0 Å². The molecule has 1 aliphatic carbocycles. The quantitative estimate of drug-likeness (QED) is 0.579. The van der Waals surface area contributed by atoms with Crippen molar-refractivity contribution in [2.24, 2.45) is 0 Å². The van der Waals surface area contributed by atoms with Crippen LogP contribution in [0.15, 0.2) is 47.1 Å². The molecule has 4 rings (SSSR count). The molecule has 0 aliphatic heterocycles. The Morgan fingerprint density at radius 3 is 2.94 bits per heavy atom. The van der Waals surface area contributed by atoms with Gasteiger partial charge in [-0.25, -0.2) is 0 Å². The molecular weight excluding hydrogens is 210 g/mol. The van der Waals surface area contributed by atoms with E-state index in [-0.39, 0.29) is 0 Å². The fourth-order valence-electron chi connectivity index (χ4n) is 2.74. The first-order chi connectivity index (χ1) is 8.43. The summed E-state index contributed by atoms with van der Waals surface area (Å²) >= 11 is 0. The third-order valence-corrected chi connectivity index (χ3v) is 3.57. The molecule has 0 unspecified atom stereocenters. The highest BCUT2D eigenvalue weighted by atomic mass is 16.5. The van der Waals surface area contributed by atoms with Crippen LogP contribution in [0.25, 0.3) is 22.1 Å². The van der Waals surface area contributed by atoms with Crippen LogP contribution in [0.1, 0.15) is 11.1 Å². The monoisotopic (exact) mass is 221 g/mol. The second kappa shape index (κ2) is 3.20. The average Bonchev–Trinajstić information content (AvgIpc) is 2.86. The Labute approximate surface area is 98.9 Å². The van der Waals surface area contributed by atoms with Crippen molar-refractivity contribution >= 4 is 10.8 Å². The van der Waals surface area contributed by atoms with Crippen LogP contribution in [0.5, 0.6) is 0 Å². The minimum Gasteiger partial charge on any atom is -0.356 e. The van der Waals surface area contributed by atoms with Gasteiger partial charge in [0.1, 0.15) is 0 Å². The molecule has 0 amide bonds. The zero-order valence-corrected chi connectivity index (χ0v) is 9.31. The van der Waals surface area contributed by atoms with Gasteiger partial charge in [-0.2, -0.15) is 0 Å². The number of aromatic nitrogens is 1. The van der Waals surface area contributed by atoms with Gasteiger partial charge in [0.25, 0.3) is 0 Å². The first-order valence-corrected chi connectivity index (χ1v) is 5.88. The van der Waals surface area contributed by atoms with E-state index in [1.54, 1.807) is 0 Å². The van der Waals surface area contributed by atoms with E-state index in [9.17, 15) is 0 Å². The average molecular weight is 221 g/mol. The van der Waals surface area contributed by atoms with Gasteiger partial charge in [0.05, 0.1) is 6.20 Å². The lowest BCUT2D eigenvalue weighted by Gasteiger charge is -2.16. The molecule has 82 valence electrons. The van der Waals surface area contributed by atoms with E-state index in [4.69, 9.17) is 4.52 Å². The highest BCUT2D eigenvalue weighted by Gasteiger charge is 2.21. The molecule has 0 saturated carbocycles. The molecule has 1 aromatic heterocycles. The predicted octanol–water partition coefficient (Wildman–Crippen LogP) is 3.59. The molecule has 0 fully saturated rings. The highest BCUT2D eigenvalue weighted by Crippen LogP contribution is 2.37. The summed E-state index contributed by atoms with van der Waals surface area (Å²) in [6.07, 6.45) is 3.94. The van der Waals surface area contributed by atoms with Crippen LogP contribution < -0.4 is 0 Å². The summed E-state index contributed by atoms with van der Waals surface area (Å²) < 4.78 is 5.38. The van der Waals surface area contributed by atoms with E-state index in [0.29, 0.717) is 0 Å². The molecule has 0 N–H and O–H groups in total. The summed E-state index contributed by atoms with van der Waals surface area (Å²) in [7, 11) is 0. The first kappa shape index (κ1) is 8.99. The Morgan fingerprint density at radius 2 is 1.94 bits per heavy atom. The van der Waals surface area contributed by atoms with Crippen molar-refractivity contribution in [3.05, 3.63) is 53.7 Å². The van der Waals surface area contributed by atoms with E-state index in [1.807, 2.05) is 6.20 Å². The lowest BCUT2D eigenvalue weighted by molar-refractivity contribution is 0.430. The second-order valence-corrected chi connectivity index (χ2v) is 4.49. The van der Waals surface area contributed by atoms with Gasteiger partial charge >= 0.3 is 0 Å². The van der Waals surface area contributed by atoms with Gasteiger partial charge in [-0.05, 0) is 29.2 Å². The van der Waals surface area contributed by atoms with Gasteiger partial charge in [-0.1, -0.05) is 41.6 Å². The molecule has 0 atom stereocenters. The summed E-state index contributed by atoms with van der Waals surface area (Å²) in [6.45, 7) is 0. The van der Waals surface area contributed by atoms with E-state index in [2.05, 4.69) is 41.6 Å². The van der Waals surface area contributed by atoms with Crippen molar-refractivity contribution in [3.63, 3.8) is 0 Å². The number of nitrogens with zero attached hydrogens (tertiary/aromatic N) is 1. The number of hydrogen-bond acceptors (Lipinski definition) is 2. The molecular formula is C15H11NO. The molecule has 0 spiro atoms. The third-order valence-electron chi connectivity index (χ3n) is 3.57. The molecule has 2 heteroatoms. The van der Waals surface area contributed by atoms with E-state index in [0.717, 1.165) is 18.6 Å². The Morgan fingerprint density at radius 1 is 1.00 bits per heavy atom. The Hall–Kier alpha value is -2.09. The van der Waals surface area contributed by atoms with Gasteiger partial charge in [-0.15, -0.1) is 0 Å². The lowest BCUT2D eigenvalue weighted by Crippen LogP contribution is -2.02. The van der Waals surface area contributed by atoms with Crippen LogP contribution in [0.3, 0.4) is 0 Å². The van der Waals surface area contributed by atoms with Gasteiger partial charge in [0.2, 0.25) is 0 Å². The van der Waals surface area contributed by atoms with Crippen LogP contribution in [0, 0.1) is 0 Å². The van der Waals surface area contributed by atoms with Crippen molar-refractivity contribution in [2.75, 3.05) is 0 Å². The van der Waals surface area contributed by atoms with Crippen LogP contribution in [-0.4, -0.2) is 5.16 Å². The van der Waals surface area contributed by atoms with Crippen LogP contribution in [-0.2, 0) is 12.8 Å². The highest BCUT2D eigenvalue weighted by molar-refractivity contribution is 5.92. The smallest absolute Gasteiger partial charge is 0.170 e. The zero-order chi connectivity index (χ0) is 11.2. The third kappa shape index (κ3) is 1.18. The minimum absolute atomic E-state index is 0.956. The van der Waals surface area contributed by atoms with Crippen LogP contribution >= 0.6 is 0 Å². The summed E-state index contributed by atoms with van der Waals surface area (Å²) in [4.78, 5) is 0. The molecule has 2 aromatic carbocycles. The maximum atomic E-state index is 5.38. The van der Waals surface area contributed by atoms with Crippen molar-refractivity contribution in [3.8, 4) is 11.3 Å². The standard InChI is InChI=1S/C15H11NO/c1-2-4-12-10(3-1)5-8-14-13(12)7-6-11-9-16-17-15(11)14/h1-5,8-9H,6-7H2. The molecule has 0 radical (unpaired) electrons. The number of hydrogen-bond donors (Lipinski definition) is 0. The molecule has 0 bridgehead atoms. The molecule has 2 nitrogen and oxygen atoms in total. The van der Waals surface area contributed by atoms with Crippen LogP contribution in [0.2, 0.25) is 0 Å². The number of fused-ring (bicyclic) bond motifs is 5. The molecule has 0 saturated heterocycles. The zero-order valence-electron chi connectivity index (χ0n) is 9.31. The minimum atomic E-state index is 0.956. The normalized spacial score (nSPS) is 13.4. The van der Waals surface area contributed by atoms with Gasteiger partial charge in [0.15, 0.2) is 5.76 Å². The number of rotatable bonds is 0. The fourth-order valence-corrected chi connectivity index (χ4v) is 2.74. The second-order valence-electron chi connectivity index (χ2n) is 4.49. The Kier molecular flexibility index (Phi) is 1.69. The molecule has 17 heavy (non-hydrogen) atoms. The van der Waals surface area contributed by atoms with Crippen molar-refractivity contribution in [1.82, 2.24) is 5.16 Å². The topological polar surface area (TPSA) is 26.0 Å². The van der Waals surface area contributed by atoms with E-state index >= 15 is 0 Å². The predicted molar refractivity (Wildman–Crippen MR) is 66.9 cm³/mol. The molecule has 1 aliphatic rings. The summed E-state index contributed by atoms with van der Waals surface area (Å²) in [5.74, 6) is 0.956. The van der Waals surface area contributed by atoms with E-state index < -0.39 is 0 Å². The summed E-state index contributed by atoms with van der Waals surface area (Å²) in [6, 6.07) is 12.8. The van der Waals surface area contributed by atoms with Crippen LogP contribution in [0.4, 0.5) is 0 Å². The van der Waals surface area contributed by atoms with Gasteiger partial charge < -0.3 is 4.52 Å². The molecule has 1 heterocycles. The maximum absolute atomic E-state index is 5.38. The van der Waals surface area contributed by atoms with Gasteiger partial charge in [-0.3, -0.25) is 0 Å².